The first-order chi connectivity index (χ1) is 12.3. The zero-order valence-corrected chi connectivity index (χ0v) is 17.5. The Balaban J connectivity index is 1.43. The third kappa shape index (κ3) is 2.12. The van der Waals surface area contributed by atoms with Crippen molar-refractivity contribution in [1.29, 1.82) is 0 Å². The van der Waals surface area contributed by atoms with Crippen molar-refractivity contribution in [2.24, 2.45) is 40.4 Å². The van der Waals surface area contributed by atoms with Crippen molar-refractivity contribution < 1.29 is 9.84 Å². The van der Waals surface area contributed by atoms with Gasteiger partial charge in [0, 0.05) is 0 Å². The second kappa shape index (κ2) is 5.50. The van der Waals surface area contributed by atoms with Crippen molar-refractivity contribution in [1.82, 2.24) is 0 Å². The molecule has 0 unspecified atom stereocenters. The number of hydrogen-bond donors (Lipinski definition) is 1. The van der Waals surface area contributed by atoms with E-state index in [1.54, 1.807) is 0 Å². The summed E-state index contributed by atoms with van der Waals surface area (Å²) in [5.74, 6) is 4.13. The number of rotatable bonds is 2. The first kappa shape index (κ1) is 18.0. The lowest BCUT2D eigenvalue weighted by molar-refractivity contribution is -0.163. The van der Waals surface area contributed by atoms with Gasteiger partial charge in [-0.3, -0.25) is 0 Å². The molecule has 0 aromatic rings. The van der Waals surface area contributed by atoms with Crippen LogP contribution in [0.15, 0.2) is 0 Å². The molecule has 0 aromatic heterocycles. The fraction of sp³-hybridized carbons (Fsp3) is 1.00. The van der Waals surface area contributed by atoms with Crippen molar-refractivity contribution >= 4 is 0 Å². The first-order valence-corrected chi connectivity index (χ1v) is 11.6. The molecule has 5 fully saturated rings. The Morgan fingerprint density at radius 2 is 1.73 bits per heavy atom. The van der Waals surface area contributed by atoms with Crippen LogP contribution in [-0.2, 0) is 4.74 Å². The van der Waals surface area contributed by atoms with E-state index in [9.17, 15) is 5.11 Å². The van der Waals surface area contributed by atoms with E-state index >= 15 is 0 Å². The molecule has 2 nitrogen and oxygen atoms in total. The van der Waals surface area contributed by atoms with E-state index in [0.29, 0.717) is 5.41 Å². The molecule has 4 saturated carbocycles. The van der Waals surface area contributed by atoms with Gasteiger partial charge in [0.05, 0.1) is 17.8 Å². The van der Waals surface area contributed by atoms with Gasteiger partial charge in [0.25, 0.3) is 0 Å². The minimum atomic E-state index is -0.388. The molecular formula is C24H40O2. The maximum Gasteiger partial charge on any atom is 0.0944 e. The summed E-state index contributed by atoms with van der Waals surface area (Å²) >= 11 is 0. The molecule has 1 aliphatic heterocycles. The van der Waals surface area contributed by atoms with Crippen LogP contribution in [0.2, 0.25) is 0 Å². The smallest absolute Gasteiger partial charge is 0.0944 e. The van der Waals surface area contributed by atoms with E-state index in [4.69, 9.17) is 4.74 Å². The van der Waals surface area contributed by atoms with Crippen molar-refractivity contribution in [3.63, 3.8) is 0 Å². The summed E-state index contributed by atoms with van der Waals surface area (Å²) in [6, 6.07) is 0. The van der Waals surface area contributed by atoms with Crippen molar-refractivity contribution in [2.45, 2.75) is 103 Å². The predicted octanol–water partition coefficient (Wildman–Crippen LogP) is 5.58. The number of epoxide rings is 1. The van der Waals surface area contributed by atoms with Crippen LogP contribution in [0.25, 0.3) is 0 Å². The third-order valence-corrected chi connectivity index (χ3v) is 10.8. The highest BCUT2D eigenvalue weighted by molar-refractivity contribution is 5.16. The van der Waals surface area contributed by atoms with Gasteiger partial charge in [-0.25, -0.2) is 0 Å². The average molecular weight is 361 g/mol. The van der Waals surface area contributed by atoms with Crippen LogP contribution in [-0.4, -0.2) is 22.9 Å². The van der Waals surface area contributed by atoms with Gasteiger partial charge < -0.3 is 9.84 Å². The van der Waals surface area contributed by atoms with E-state index in [1.807, 2.05) is 0 Å². The molecule has 0 amide bonds. The minimum absolute atomic E-state index is 0.175. The fourth-order valence-corrected chi connectivity index (χ4v) is 9.08. The van der Waals surface area contributed by atoms with Crippen LogP contribution in [0.5, 0.6) is 0 Å². The summed E-state index contributed by atoms with van der Waals surface area (Å²) in [7, 11) is 0. The molecule has 1 saturated heterocycles. The number of aliphatic hydroxyl groups is 1. The summed E-state index contributed by atoms with van der Waals surface area (Å²) in [4.78, 5) is 0. The molecule has 1 spiro atoms. The van der Waals surface area contributed by atoms with Gasteiger partial charge in [-0.2, -0.15) is 0 Å². The van der Waals surface area contributed by atoms with E-state index < -0.39 is 0 Å². The van der Waals surface area contributed by atoms with Crippen LogP contribution in [0, 0.1) is 40.4 Å². The van der Waals surface area contributed by atoms with Gasteiger partial charge in [-0.05, 0) is 98.2 Å². The average Bonchev–Trinajstić information content (AvgIpc) is 3.31. The van der Waals surface area contributed by atoms with Crippen LogP contribution in [0.3, 0.4) is 0 Å². The predicted molar refractivity (Wildman–Crippen MR) is 105 cm³/mol. The van der Waals surface area contributed by atoms with Gasteiger partial charge in [0.1, 0.15) is 0 Å². The van der Waals surface area contributed by atoms with Crippen LogP contribution in [0.4, 0.5) is 0 Å². The lowest BCUT2D eigenvalue weighted by Gasteiger charge is -2.62. The highest BCUT2D eigenvalue weighted by Crippen LogP contribution is 2.70. The zero-order valence-electron chi connectivity index (χ0n) is 17.5. The second-order valence-electron chi connectivity index (χ2n) is 11.6. The Labute approximate surface area is 160 Å². The Hall–Kier alpha value is -0.0800. The Morgan fingerprint density at radius 3 is 2.42 bits per heavy atom. The Kier molecular flexibility index (Phi) is 3.80. The van der Waals surface area contributed by atoms with Gasteiger partial charge in [0.15, 0.2) is 0 Å². The van der Waals surface area contributed by atoms with Gasteiger partial charge in [-0.15, -0.1) is 0 Å². The normalized spacial score (nSPS) is 61.0. The molecule has 0 bridgehead atoms. The molecule has 5 aliphatic rings. The van der Waals surface area contributed by atoms with Crippen molar-refractivity contribution in [3.05, 3.63) is 0 Å². The number of hydrogen-bond acceptors (Lipinski definition) is 2. The highest BCUT2D eigenvalue weighted by Gasteiger charge is 2.67. The number of fused-ring (bicyclic) bond motifs is 5. The van der Waals surface area contributed by atoms with Gasteiger partial charge >= 0.3 is 0 Å². The lowest BCUT2D eigenvalue weighted by atomic mass is 9.43. The maximum absolute atomic E-state index is 11.5. The molecule has 5 rings (SSSR count). The summed E-state index contributed by atoms with van der Waals surface area (Å²) in [6.07, 6.45) is 12.6. The van der Waals surface area contributed by atoms with Crippen LogP contribution >= 0.6 is 0 Å². The summed E-state index contributed by atoms with van der Waals surface area (Å²) in [6.45, 7) is 10.8. The molecule has 0 radical (unpaired) electrons. The molecule has 1 heterocycles. The van der Waals surface area contributed by atoms with E-state index in [-0.39, 0.29) is 16.6 Å². The Morgan fingerprint density at radius 1 is 1.00 bits per heavy atom. The molecule has 26 heavy (non-hydrogen) atoms. The number of ether oxygens (including phenoxy) is 1. The quantitative estimate of drug-likeness (QED) is 0.652. The van der Waals surface area contributed by atoms with E-state index in [1.165, 1.54) is 44.9 Å². The van der Waals surface area contributed by atoms with E-state index in [2.05, 4.69) is 27.7 Å². The van der Waals surface area contributed by atoms with E-state index in [0.717, 1.165) is 55.5 Å². The molecule has 9 atom stereocenters. The first-order valence-electron chi connectivity index (χ1n) is 11.6. The van der Waals surface area contributed by atoms with Gasteiger partial charge in [0.2, 0.25) is 0 Å². The highest BCUT2D eigenvalue weighted by atomic mass is 16.6. The fourth-order valence-electron chi connectivity index (χ4n) is 9.08. The summed E-state index contributed by atoms with van der Waals surface area (Å²) in [5.41, 5.74) is 0.580. The Bertz CT molecular complexity index is 583. The summed E-state index contributed by atoms with van der Waals surface area (Å²) in [5, 5.41) is 11.5. The molecular weight excluding hydrogens is 320 g/mol. The maximum atomic E-state index is 11.5. The monoisotopic (exact) mass is 360 g/mol. The van der Waals surface area contributed by atoms with Gasteiger partial charge in [-0.1, -0.05) is 34.1 Å². The zero-order chi connectivity index (χ0) is 18.4. The molecule has 4 aliphatic carbocycles. The molecule has 1 N–H and O–H groups in total. The van der Waals surface area contributed by atoms with Crippen LogP contribution in [0.1, 0.15) is 91.9 Å². The standard InChI is InChI=1S/C24H40O2/c1-5-10-24(25)12-9-20-18-7-6-17-14-23(15-26-23)16(2)13-21(17,3)19(18)8-11-22(20,24)4/h16-20,25H,5-15H2,1-4H3/t16-,17+,18+,19-,20-,21+,22+,23-,24+/m1/s1. The largest absolute Gasteiger partial charge is 0.389 e. The molecule has 2 heteroatoms. The van der Waals surface area contributed by atoms with Crippen LogP contribution < -0.4 is 0 Å². The third-order valence-electron chi connectivity index (χ3n) is 10.8. The molecule has 0 aromatic carbocycles. The second-order valence-corrected chi connectivity index (χ2v) is 11.6. The lowest BCUT2D eigenvalue weighted by Crippen LogP contribution is -2.58. The molecule has 148 valence electrons. The summed E-state index contributed by atoms with van der Waals surface area (Å²) < 4.78 is 5.99. The van der Waals surface area contributed by atoms with Crippen molar-refractivity contribution in [2.75, 3.05) is 6.61 Å². The minimum Gasteiger partial charge on any atom is -0.389 e. The topological polar surface area (TPSA) is 32.8 Å². The SMILES string of the molecule is CCC[C@]1(O)CC[C@@H]2[C@H]3CC[C@H]4C[C@@]5(CO5)[C@H](C)C[C@]4(C)[C@@H]3CC[C@@]21C. The van der Waals surface area contributed by atoms with Crippen molar-refractivity contribution in [3.8, 4) is 0 Å².